The fraction of sp³-hybridized carbons (Fsp3) is 0.923. The van der Waals surface area contributed by atoms with Crippen molar-refractivity contribution in [2.24, 2.45) is 5.92 Å². The van der Waals surface area contributed by atoms with Crippen LogP contribution < -0.4 is 5.32 Å². The van der Waals surface area contributed by atoms with E-state index in [9.17, 15) is 4.79 Å². The van der Waals surface area contributed by atoms with Crippen LogP contribution in [0.4, 0.5) is 0 Å². The quantitative estimate of drug-likeness (QED) is 0.729. The molecule has 0 bridgehead atoms. The van der Waals surface area contributed by atoms with Crippen LogP contribution in [-0.2, 0) is 9.53 Å². The molecule has 2 atom stereocenters. The number of hydrogen-bond donors (Lipinski definition) is 1. The highest BCUT2D eigenvalue weighted by Gasteiger charge is 2.48. The van der Waals surface area contributed by atoms with Crippen molar-refractivity contribution in [3.63, 3.8) is 0 Å². The van der Waals surface area contributed by atoms with Gasteiger partial charge in [0.15, 0.2) is 0 Å². The van der Waals surface area contributed by atoms with Crippen LogP contribution >= 0.6 is 0 Å². The molecule has 0 spiro atoms. The van der Waals surface area contributed by atoms with E-state index in [1.54, 1.807) is 0 Å². The lowest BCUT2D eigenvalue weighted by molar-refractivity contribution is -0.151. The number of rotatable bonds is 5. The predicted molar refractivity (Wildman–Crippen MR) is 63.2 cm³/mol. The van der Waals surface area contributed by atoms with Crippen molar-refractivity contribution in [3.8, 4) is 0 Å². The number of esters is 1. The maximum Gasteiger partial charge on any atom is 0.326 e. The van der Waals surface area contributed by atoms with Gasteiger partial charge >= 0.3 is 5.97 Å². The van der Waals surface area contributed by atoms with E-state index in [0.29, 0.717) is 18.6 Å². The Kier molecular flexibility index (Phi) is 3.53. The molecule has 16 heavy (non-hydrogen) atoms. The van der Waals surface area contributed by atoms with Crippen LogP contribution in [0, 0.1) is 5.92 Å². The molecule has 2 fully saturated rings. The van der Waals surface area contributed by atoms with Gasteiger partial charge in [0.05, 0.1) is 6.61 Å². The maximum atomic E-state index is 12.1. The van der Waals surface area contributed by atoms with Gasteiger partial charge in [0.2, 0.25) is 0 Å². The Hall–Kier alpha value is -0.570. The number of ether oxygens (including phenoxy) is 1. The third-order valence-electron chi connectivity index (χ3n) is 3.92. The Morgan fingerprint density at radius 1 is 1.38 bits per heavy atom. The van der Waals surface area contributed by atoms with Gasteiger partial charge in [-0.15, -0.1) is 0 Å². The lowest BCUT2D eigenvalue weighted by Gasteiger charge is -2.28. The van der Waals surface area contributed by atoms with E-state index in [-0.39, 0.29) is 11.5 Å². The SMILES string of the molecule is CCOC(=O)C1(NC2CC2)CCC(CC)C1. The van der Waals surface area contributed by atoms with Crippen LogP contribution in [-0.4, -0.2) is 24.2 Å². The van der Waals surface area contributed by atoms with Gasteiger partial charge in [0.25, 0.3) is 0 Å². The lowest BCUT2D eigenvalue weighted by Crippen LogP contribution is -2.52. The molecule has 0 aliphatic heterocycles. The molecule has 0 amide bonds. The summed E-state index contributed by atoms with van der Waals surface area (Å²) in [6, 6.07) is 0.569. The smallest absolute Gasteiger partial charge is 0.326 e. The molecular formula is C13H23NO2. The van der Waals surface area contributed by atoms with Crippen molar-refractivity contribution in [3.05, 3.63) is 0 Å². The standard InChI is InChI=1S/C13H23NO2/c1-3-10-7-8-13(9-10,12(15)16-4-2)14-11-5-6-11/h10-11,14H,3-9H2,1-2H3. The fourth-order valence-electron chi connectivity index (χ4n) is 2.76. The number of hydrogen-bond acceptors (Lipinski definition) is 3. The minimum absolute atomic E-state index is 0.0159. The summed E-state index contributed by atoms with van der Waals surface area (Å²) in [6.45, 7) is 4.59. The fourth-order valence-corrected chi connectivity index (χ4v) is 2.76. The lowest BCUT2D eigenvalue weighted by atomic mass is 9.94. The number of nitrogens with one attached hydrogen (secondary N) is 1. The summed E-state index contributed by atoms with van der Waals surface area (Å²) in [5.74, 6) is 0.675. The highest BCUT2D eigenvalue weighted by atomic mass is 16.5. The van der Waals surface area contributed by atoms with E-state index in [1.807, 2.05) is 6.92 Å². The van der Waals surface area contributed by atoms with Crippen LogP contribution in [0.15, 0.2) is 0 Å². The van der Waals surface area contributed by atoms with Gasteiger partial charge < -0.3 is 4.74 Å². The average Bonchev–Trinajstić information content (AvgIpc) is 2.97. The molecular weight excluding hydrogens is 202 g/mol. The Labute approximate surface area is 97.9 Å². The molecule has 92 valence electrons. The molecule has 0 heterocycles. The summed E-state index contributed by atoms with van der Waals surface area (Å²) in [6.07, 6.45) is 6.71. The van der Waals surface area contributed by atoms with E-state index in [2.05, 4.69) is 12.2 Å². The van der Waals surface area contributed by atoms with Crippen LogP contribution in [0.25, 0.3) is 0 Å². The minimum Gasteiger partial charge on any atom is -0.465 e. The monoisotopic (exact) mass is 225 g/mol. The molecule has 0 aromatic carbocycles. The third kappa shape index (κ3) is 2.40. The summed E-state index contributed by atoms with van der Waals surface area (Å²) in [5, 5.41) is 3.54. The molecule has 2 aliphatic carbocycles. The van der Waals surface area contributed by atoms with E-state index < -0.39 is 0 Å². The minimum atomic E-state index is -0.349. The molecule has 2 rings (SSSR count). The molecule has 0 radical (unpaired) electrons. The summed E-state index contributed by atoms with van der Waals surface area (Å²) >= 11 is 0. The molecule has 2 saturated carbocycles. The van der Waals surface area contributed by atoms with Gasteiger partial charge in [0.1, 0.15) is 5.54 Å². The summed E-state index contributed by atoms with van der Waals surface area (Å²) in [7, 11) is 0. The highest BCUT2D eigenvalue weighted by molar-refractivity contribution is 5.81. The second-order valence-corrected chi connectivity index (χ2v) is 5.24. The number of carbonyl (C=O) groups excluding carboxylic acids is 1. The van der Waals surface area contributed by atoms with Crippen molar-refractivity contribution < 1.29 is 9.53 Å². The molecule has 3 heteroatoms. The van der Waals surface area contributed by atoms with E-state index in [1.165, 1.54) is 19.3 Å². The Balaban J connectivity index is 2.03. The number of carbonyl (C=O) groups is 1. The van der Waals surface area contributed by atoms with Gasteiger partial charge in [0, 0.05) is 6.04 Å². The maximum absolute atomic E-state index is 12.1. The van der Waals surface area contributed by atoms with Gasteiger partial charge in [-0.2, -0.15) is 0 Å². The van der Waals surface area contributed by atoms with E-state index >= 15 is 0 Å². The van der Waals surface area contributed by atoms with Gasteiger partial charge in [-0.1, -0.05) is 13.3 Å². The molecule has 3 nitrogen and oxygen atoms in total. The normalized spacial score (nSPS) is 34.0. The molecule has 1 N–H and O–H groups in total. The first-order valence-electron chi connectivity index (χ1n) is 6.65. The molecule has 2 aliphatic rings. The predicted octanol–water partition coefficient (Wildman–Crippen LogP) is 2.25. The zero-order valence-electron chi connectivity index (χ0n) is 10.4. The summed E-state index contributed by atoms with van der Waals surface area (Å²) in [4.78, 5) is 12.1. The zero-order chi connectivity index (χ0) is 11.6. The Morgan fingerprint density at radius 3 is 2.62 bits per heavy atom. The van der Waals surface area contributed by atoms with Gasteiger partial charge in [-0.05, 0) is 44.9 Å². The summed E-state index contributed by atoms with van der Waals surface area (Å²) in [5.41, 5.74) is -0.349. The van der Waals surface area contributed by atoms with Gasteiger partial charge in [-0.25, -0.2) is 0 Å². The second-order valence-electron chi connectivity index (χ2n) is 5.24. The van der Waals surface area contributed by atoms with Crippen molar-refractivity contribution >= 4 is 5.97 Å². The Bertz CT molecular complexity index is 263. The van der Waals surface area contributed by atoms with Crippen LogP contribution in [0.5, 0.6) is 0 Å². The van der Waals surface area contributed by atoms with E-state index in [0.717, 1.165) is 19.3 Å². The second kappa shape index (κ2) is 4.74. The third-order valence-corrected chi connectivity index (χ3v) is 3.92. The summed E-state index contributed by atoms with van der Waals surface area (Å²) < 4.78 is 5.25. The van der Waals surface area contributed by atoms with Crippen molar-refractivity contribution in [2.45, 2.75) is 64.0 Å². The van der Waals surface area contributed by atoms with Crippen LogP contribution in [0.2, 0.25) is 0 Å². The van der Waals surface area contributed by atoms with Crippen LogP contribution in [0.1, 0.15) is 52.4 Å². The topological polar surface area (TPSA) is 38.3 Å². The van der Waals surface area contributed by atoms with E-state index in [4.69, 9.17) is 4.74 Å². The van der Waals surface area contributed by atoms with Crippen LogP contribution in [0.3, 0.4) is 0 Å². The Morgan fingerprint density at radius 2 is 2.12 bits per heavy atom. The van der Waals surface area contributed by atoms with Crippen molar-refractivity contribution in [2.75, 3.05) is 6.61 Å². The average molecular weight is 225 g/mol. The largest absolute Gasteiger partial charge is 0.465 e. The zero-order valence-corrected chi connectivity index (χ0v) is 10.4. The molecule has 0 aromatic rings. The first-order valence-corrected chi connectivity index (χ1v) is 6.65. The van der Waals surface area contributed by atoms with Crippen molar-refractivity contribution in [1.82, 2.24) is 5.32 Å². The highest BCUT2D eigenvalue weighted by Crippen LogP contribution is 2.39. The van der Waals surface area contributed by atoms with Gasteiger partial charge in [-0.3, -0.25) is 10.1 Å². The molecule has 2 unspecified atom stereocenters. The molecule has 0 aromatic heterocycles. The van der Waals surface area contributed by atoms with Crippen molar-refractivity contribution in [1.29, 1.82) is 0 Å². The first kappa shape index (κ1) is 11.9. The first-order chi connectivity index (χ1) is 7.70. The molecule has 0 saturated heterocycles.